The van der Waals surface area contributed by atoms with E-state index in [2.05, 4.69) is 0 Å². The lowest BCUT2D eigenvalue weighted by molar-refractivity contribution is -0.167. The number of carbonyl (C=O) groups is 2. The predicted molar refractivity (Wildman–Crippen MR) is 116 cm³/mol. The van der Waals surface area contributed by atoms with Gasteiger partial charge in [-0.2, -0.15) is 13.2 Å². The average Bonchev–Trinajstić information content (AvgIpc) is 2.74. The van der Waals surface area contributed by atoms with Crippen molar-refractivity contribution in [3.63, 3.8) is 0 Å². The van der Waals surface area contributed by atoms with Crippen LogP contribution in [0.5, 0.6) is 17.2 Å². The zero-order chi connectivity index (χ0) is 24.6. The molecule has 9 heteroatoms. The van der Waals surface area contributed by atoms with Gasteiger partial charge in [0.2, 0.25) is 0 Å². The van der Waals surface area contributed by atoms with Crippen molar-refractivity contribution in [1.82, 2.24) is 0 Å². The van der Waals surface area contributed by atoms with Gasteiger partial charge in [-0.3, -0.25) is 9.59 Å². The largest absolute Gasteiger partial charge is 0.489 e. The Kier molecular flexibility index (Phi) is 6.63. The summed E-state index contributed by atoms with van der Waals surface area (Å²) in [6.45, 7) is 9.22. The van der Waals surface area contributed by atoms with Gasteiger partial charge >= 0.3 is 18.1 Å². The van der Waals surface area contributed by atoms with E-state index in [1.807, 2.05) is 27.7 Å². The molecule has 0 aromatic heterocycles. The van der Waals surface area contributed by atoms with E-state index >= 15 is 0 Å². The highest BCUT2D eigenvalue weighted by Crippen LogP contribution is 2.44. The van der Waals surface area contributed by atoms with Crippen LogP contribution in [0.1, 0.15) is 42.5 Å². The summed E-state index contributed by atoms with van der Waals surface area (Å²) in [6, 6.07) is 5.64. The number of carbonyl (C=O) groups excluding carboxylic acids is 2. The molecule has 0 fully saturated rings. The first-order valence-electron chi connectivity index (χ1n) is 10.4. The number of fused-ring (bicyclic) bond motifs is 1. The van der Waals surface area contributed by atoms with E-state index in [1.165, 1.54) is 31.2 Å². The zero-order valence-electron chi connectivity index (χ0n) is 19.1. The molecular weight excluding hydrogens is 439 g/mol. The maximum absolute atomic E-state index is 12.4. The Hall–Kier alpha value is -3.23. The Labute approximate surface area is 190 Å². The normalized spacial score (nSPS) is 17.6. The predicted octanol–water partition coefficient (Wildman–Crippen LogP) is 5.20. The summed E-state index contributed by atoms with van der Waals surface area (Å²) in [5, 5.41) is 1.79. The van der Waals surface area contributed by atoms with Crippen molar-refractivity contribution >= 4 is 17.6 Å². The Morgan fingerprint density at radius 2 is 1.73 bits per heavy atom. The van der Waals surface area contributed by atoms with E-state index in [0.29, 0.717) is 24.3 Å². The molecule has 0 saturated heterocycles. The van der Waals surface area contributed by atoms with E-state index in [4.69, 9.17) is 14.2 Å². The molecule has 3 rings (SSSR count). The van der Waals surface area contributed by atoms with Crippen molar-refractivity contribution in [2.24, 2.45) is 0 Å². The minimum absolute atomic E-state index is 0.0175. The molecule has 1 amide bonds. The molecule has 178 valence electrons. The van der Waals surface area contributed by atoms with Crippen LogP contribution in [0.4, 0.5) is 18.9 Å². The van der Waals surface area contributed by atoms with Crippen LogP contribution in [-0.2, 0) is 16.0 Å². The molecule has 1 unspecified atom stereocenters. The molecule has 2 aromatic carbocycles. The smallest absolute Gasteiger partial charge is 0.471 e. The van der Waals surface area contributed by atoms with Gasteiger partial charge in [0, 0.05) is 18.2 Å². The van der Waals surface area contributed by atoms with Gasteiger partial charge in [-0.05, 0) is 81.5 Å². The number of benzene rings is 2. The standard InChI is InChI=1S/C24H26F3NO5/c1-13-14(2)21-19(15(3)20(13)32-16(4)29)10-11-23(5,33-21)12-31-18-8-6-17(7-9-18)28-22(30)24(25,26)27/h6-9H,10-12H2,1-5H3,(H,28,30). The Morgan fingerprint density at radius 3 is 2.30 bits per heavy atom. The monoisotopic (exact) mass is 465 g/mol. The SMILES string of the molecule is CC(=O)Oc1c(C)c(C)c2c(c1C)CCC(C)(COc1ccc(NC(=O)C(F)(F)F)cc1)O2. The van der Waals surface area contributed by atoms with Crippen LogP contribution in [-0.4, -0.2) is 30.3 Å². The number of halogens is 3. The average molecular weight is 465 g/mol. The zero-order valence-corrected chi connectivity index (χ0v) is 19.1. The highest BCUT2D eigenvalue weighted by molar-refractivity contribution is 5.94. The van der Waals surface area contributed by atoms with Crippen molar-refractivity contribution in [3.05, 3.63) is 46.5 Å². The van der Waals surface area contributed by atoms with Gasteiger partial charge in [0.1, 0.15) is 29.5 Å². The van der Waals surface area contributed by atoms with E-state index < -0.39 is 17.7 Å². The maximum Gasteiger partial charge on any atom is 0.471 e. The van der Waals surface area contributed by atoms with E-state index in [0.717, 1.165) is 28.0 Å². The van der Waals surface area contributed by atoms with E-state index in [1.54, 1.807) is 5.32 Å². The second-order valence-electron chi connectivity index (χ2n) is 8.42. The fourth-order valence-corrected chi connectivity index (χ4v) is 3.75. The van der Waals surface area contributed by atoms with Crippen LogP contribution in [0.25, 0.3) is 0 Å². The highest BCUT2D eigenvalue weighted by atomic mass is 19.4. The third-order valence-electron chi connectivity index (χ3n) is 5.72. The molecule has 0 bridgehead atoms. The number of amides is 1. The van der Waals surface area contributed by atoms with Gasteiger partial charge in [0.05, 0.1) is 0 Å². The number of rotatable bonds is 5. The molecule has 1 atom stereocenters. The third kappa shape index (κ3) is 5.40. The number of esters is 1. The molecule has 1 N–H and O–H groups in total. The summed E-state index contributed by atoms with van der Waals surface area (Å²) in [5.41, 5.74) is 2.98. The van der Waals surface area contributed by atoms with Crippen molar-refractivity contribution < 1.29 is 37.0 Å². The van der Waals surface area contributed by atoms with E-state index in [-0.39, 0.29) is 18.3 Å². The van der Waals surface area contributed by atoms with Crippen molar-refractivity contribution in [2.45, 2.75) is 59.2 Å². The van der Waals surface area contributed by atoms with Gasteiger partial charge in [-0.25, -0.2) is 0 Å². The van der Waals surface area contributed by atoms with Crippen LogP contribution in [0.2, 0.25) is 0 Å². The van der Waals surface area contributed by atoms with Gasteiger partial charge < -0.3 is 19.5 Å². The first-order chi connectivity index (χ1) is 15.3. The summed E-state index contributed by atoms with van der Waals surface area (Å²) < 4.78 is 54.7. The minimum Gasteiger partial charge on any atom is -0.489 e. The molecule has 6 nitrogen and oxygen atoms in total. The van der Waals surface area contributed by atoms with Gasteiger partial charge in [0.25, 0.3) is 0 Å². The van der Waals surface area contributed by atoms with Crippen LogP contribution >= 0.6 is 0 Å². The summed E-state index contributed by atoms with van der Waals surface area (Å²) in [6.07, 6.45) is -3.59. The number of anilines is 1. The number of nitrogens with one attached hydrogen (secondary N) is 1. The Morgan fingerprint density at radius 1 is 1.09 bits per heavy atom. The Bertz CT molecular complexity index is 1080. The van der Waals surface area contributed by atoms with Crippen LogP contribution in [0.15, 0.2) is 24.3 Å². The summed E-state index contributed by atoms with van der Waals surface area (Å²) in [5.74, 6) is -0.649. The number of hydrogen-bond donors (Lipinski definition) is 1. The molecule has 0 saturated carbocycles. The summed E-state index contributed by atoms with van der Waals surface area (Å²) in [4.78, 5) is 22.5. The summed E-state index contributed by atoms with van der Waals surface area (Å²) >= 11 is 0. The van der Waals surface area contributed by atoms with Gasteiger partial charge in [-0.1, -0.05) is 0 Å². The molecule has 2 aromatic rings. The molecule has 1 heterocycles. The molecular formula is C24H26F3NO5. The quantitative estimate of drug-likeness (QED) is 0.485. The minimum atomic E-state index is -4.95. The van der Waals surface area contributed by atoms with Crippen LogP contribution < -0.4 is 19.5 Å². The second kappa shape index (κ2) is 8.96. The maximum atomic E-state index is 12.4. The van der Waals surface area contributed by atoms with Crippen molar-refractivity contribution in [1.29, 1.82) is 0 Å². The molecule has 0 spiro atoms. The van der Waals surface area contributed by atoms with Crippen molar-refractivity contribution in [3.8, 4) is 17.2 Å². The fourth-order valence-electron chi connectivity index (χ4n) is 3.75. The molecule has 0 aliphatic carbocycles. The number of alkyl halides is 3. The number of ether oxygens (including phenoxy) is 3. The Balaban J connectivity index is 1.71. The fraction of sp³-hybridized carbons (Fsp3) is 0.417. The third-order valence-corrected chi connectivity index (χ3v) is 5.72. The molecule has 33 heavy (non-hydrogen) atoms. The number of hydrogen-bond acceptors (Lipinski definition) is 5. The topological polar surface area (TPSA) is 73.9 Å². The van der Waals surface area contributed by atoms with E-state index in [9.17, 15) is 22.8 Å². The van der Waals surface area contributed by atoms with Crippen molar-refractivity contribution in [2.75, 3.05) is 11.9 Å². The van der Waals surface area contributed by atoms with Crippen LogP contribution in [0, 0.1) is 20.8 Å². The molecule has 1 aliphatic heterocycles. The summed E-state index contributed by atoms with van der Waals surface area (Å²) in [7, 11) is 0. The first kappa shape index (κ1) is 24.4. The highest BCUT2D eigenvalue weighted by Gasteiger charge is 2.39. The molecule has 1 aliphatic rings. The lowest BCUT2D eigenvalue weighted by Crippen LogP contribution is -2.42. The van der Waals surface area contributed by atoms with Gasteiger partial charge in [0.15, 0.2) is 0 Å². The lowest BCUT2D eigenvalue weighted by Gasteiger charge is -2.37. The van der Waals surface area contributed by atoms with Crippen LogP contribution in [0.3, 0.4) is 0 Å². The first-order valence-corrected chi connectivity index (χ1v) is 10.4. The van der Waals surface area contributed by atoms with Gasteiger partial charge in [-0.15, -0.1) is 0 Å². The molecule has 0 radical (unpaired) electrons. The lowest BCUT2D eigenvalue weighted by atomic mass is 9.87. The second-order valence-corrected chi connectivity index (χ2v) is 8.42.